The average Bonchev–Trinajstić information content (AvgIpc) is 2.33. The Morgan fingerprint density at radius 3 is 2.89 bits per heavy atom. The Bertz CT molecular complexity index is 268. The third kappa shape index (κ3) is 6.25. The summed E-state index contributed by atoms with van der Waals surface area (Å²) in [6, 6.07) is 0. The monoisotopic (exact) mass is 252 g/mol. The van der Waals surface area contributed by atoms with Crippen molar-refractivity contribution in [2.75, 3.05) is 6.61 Å². The van der Waals surface area contributed by atoms with Crippen LogP contribution in [-0.4, -0.2) is 12.9 Å². The normalized spacial score (nSPS) is 24.1. The van der Waals surface area contributed by atoms with Crippen LogP contribution in [0.5, 0.6) is 0 Å². The van der Waals surface area contributed by atoms with Crippen LogP contribution < -0.4 is 0 Å². The largest absolute Gasteiger partial charge is 0.470 e. The summed E-state index contributed by atoms with van der Waals surface area (Å²) in [4.78, 5) is 0. The molecule has 0 radical (unpaired) electrons. The SMILES string of the molecule is CC/C=C\CCCCC1C=C(C)OC(OCC)C1. The third-order valence-electron chi connectivity index (χ3n) is 3.23. The van der Waals surface area contributed by atoms with Gasteiger partial charge in [0.05, 0.1) is 5.76 Å². The van der Waals surface area contributed by atoms with Gasteiger partial charge in [-0.05, 0) is 51.5 Å². The predicted molar refractivity (Wildman–Crippen MR) is 76.3 cm³/mol. The minimum absolute atomic E-state index is 0.0232. The fourth-order valence-electron chi connectivity index (χ4n) is 2.38. The fraction of sp³-hybridized carbons (Fsp3) is 0.750. The standard InChI is InChI=1S/C16H28O2/c1-4-6-7-8-9-10-11-15-12-14(3)18-16(13-15)17-5-2/h6-7,12,15-16H,4-5,8-11,13H2,1-3H3/b7-6-. The Labute approximate surface area is 112 Å². The van der Waals surface area contributed by atoms with Crippen LogP contribution in [0.25, 0.3) is 0 Å². The predicted octanol–water partition coefficient (Wildman–Crippen LogP) is 4.82. The topological polar surface area (TPSA) is 18.5 Å². The first-order chi connectivity index (χ1) is 8.76. The molecule has 2 unspecified atom stereocenters. The van der Waals surface area contributed by atoms with Crippen molar-refractivity contribution in [2.45, 2.75) is 65.6 Å². The summed E-state index contributed by atoms with van der Waals surface area (Å²) in [5, 5.41) is 0. The van der Waals surface area contributed by atoms with Gasteiger partial charge in [-0.1, -0.05) is 25.5 Å². The Balaban J connectivity index is 2.20. The Kier molecular flexibility index (Phi) is 7.83. The van der Waals surface area contributed by atoms with Crippen LogP contribution in [-0.2, 0) is 9.47 Å². The number of unbranched alkanes of at least 4 members (excludes halogenated alkanes) is 2. The van der Waals surface area contributed by atoms with Crippen LogP contribution in [0.4, 0.5) is 0 Å². The van der Waals surface area contributed by atoms with Crippen molar-refractivity contribution in [3.63, 3.8) is 0 Å². The number of rotatable bonds is 8. The molecule has 0 aromatic heterocycles. The summed E-state index contributed by atoms with van der Waals surface area (Å²) in [6.07, 6.45) is 14.0. The molecule has 1 rings (SSSR count). The molecule has 2 nitrogen and oxygen atoms in total. The van der Waals surface area contributed by atoms with Gasteiger partial charge in [0.15, 0.2) is 6.29 Å². The summed E-state index contributed by atoms with van der Waals surface area (Å²) < 4.78 is 11.2. The van der Waals surface area contributed by atoms with Gasteiger partial charge >= 0.3 is 0 Å². The molecule has 2 heteroatoms. The van der Waals surface area contributed by atoms with E-state index in [4.69, 9.17) is 9.47 Å². The molecule has 104 valence electrons. The van der Waals surface area contributed by atoms with Crippen LogP contribution in [0.3, 0.4) is 0 Å². The molecule has 0 aliphatic carbocycles. The lowest BCUT2D eigenvalue weighted by atomic mass is 9.95. The summed E-state index contributed by atoms with van der Waals surface area (Å²) >= 11 is 0. The molecule has 0 fully saturated rings. The lowest BCUT2D eigenvalue weighted by Crippen LogP contribution is -2.24. The van der Waals surface area contributed by atoms with E-state index in [2.05, 4.69) is 25.2 Å². The van der Waals surface area contributed by atoms with Crippen molar-refractivity contribution in [2.24, 2.45) is 5.92 Å². The minimum atomic E-state index is -0.0232. The van der Waals surface area contributed by atoms with E-state index >= 15 is 0 Å². The van der Waals surface area contributed by atoms with E-state index in [0.29, 0.717) is 5.92 Å². The van der Waals surface area contributed by atoms with E-state index in [0.717, 1.165) is 25.2 Å². The van der Waals surface area contributed by atoms with Crippen LogP contribution in [0.15, 0.2) is 24.0 Å². The lowest BCUT2D eigenvalue weighted by Gasteiger charge is -2.28. The molecule has 1 aliphatic rings. The molecule has 2 atom stereocenters. The molecule has 0 bridgehead atoms. The number of hydrogen-bond donors (Lipinski definition) is 0. The quantitative estimate of drug-likeness (QED) is 0.455. The van der Waals surface area contributed by atoms with Crippen molar-refractivity contribution < 1.29 is 9.47 Å². The van der Waals surface area contributed by atoms with Gasteiger partial charge in [-0.2, -0.15) is 0 Å². The second-order valence-electron chi connectivity index (χ2n) is 4.94. The molecule has 1 aliphatic heterocycles. The highest BCUT2D eigenvalue weighted by Gasteiger charge is 2.21. The highest BCUT2D eigenvalue weighted by atomic mass is 16.7. The van der Waals surface area contributed by atoms with E-state index in [-0.39, 0.29) is 6.29 Å². The fourth-order valence-corrected chi connectivity index (χ4v) is 2.38. The minimum Gasteiger partial charge on any atom is -0.470 e. The maximum atomic E-state index is 5.64. The van der Waals surface area contributed by atoms with Crippen molar-refractivity contribution in [3.8, 4) is 0 Å². The van der Waals surface area contributed by atoms with Crippen LogP contribution in [0.1, 0.15) is 59.3 Å². The molecule has 0 aromatic rings. The molecule has 0 amide bonds. The molecule has 0 saturated carbocycles. The van der Waals surface area contributed by atoms with Gasteiger partial charge in [-0.3, -0.25) is 0 Å². The maximum Gasteiger partial charge on any atom is 0.199 e. The molecule has 0 aromatic carbocycles. The molecular formula is C16H28O2. The van der Waals surface area contributed by atoms with Crippen LogP contribution >= 0.6 is 0 Å². The molecule has 18 heavy (non-hydrogen) atoms. The van der Waals surface area contributed by atoms with Crippen LogP contribution in [0, 0.1) is 5.92 Å². The third-order valence-corrected chi connectivity index (χ3v) is 3.23. The zero-order valence-corrected chi connectivity index (χ0v) is 12.2. The van der Waals surface area contributed by atoms with E-state index in [1.165, 1.54) is 25.7 Å². The summed E-state index contributed by atoms with van der Waals surface area (Å²) in [6.45, 7) is 6.96. The zero-order valence-electron chi connectivity index (χ0n) is 12.2. The second kappa shape index (κ2) is 9.21. The average molecular weight is 252 g/mol. The Morgan fingerprint density at radius 1 is 1.33 bits per heavy atom. The van der Waals surface area contributed by atoms with Gasteiger partial charge in [-0.25, -0.2) is 0 Å². The Morgan fingerprint density at radius 2 is 2.17 bits per heavy atom. The smallest absolute Gasteiger partial charge is 0.199 e. The molecule has 0 N–H and O–H groups in total. The van der Waals surface area contributed by atoms with E-state index < -0.39 is 0 Å². The summed E-state index contributed by atoms with van der Waals surface area (Å²) in [5.74, 6) is 1.65. The maximum absolute atomic E-state index is 5.64. The summed E-state index contributed by atoms with van der Waals surface area (Å²) in [7, 11) is 0. The van der Waals surface area contributed by atoms with Crippen molar-refractivity contribution in [1.29, 1.82) is 0 Å². The molecule has 0 saturated heterocycles. The van der Waals surface area contributed by atoms with Crippen molar-refractivity contribution in [3.05, 3.63) is 24.0 Å². The van der Waals surface area contributed by atoms with Gasteiger partial charge in [-0.15, -0.1) is 0 Å². The first kappa shape index (κ1) is 15.3. The Hall–Kier alpha value is -0.760. The van der Waals surface area contributed by atoms with Crippen molar-refractivity contribution in [1.82, 2.24) is 0 Å². The highest BCUT2D eigenvalue weighted by Crippen LogP contribution is 2.26. The number of allylic oxidation sites excluding steroid dienone is 4. The van der Waals surface area contributed by atoms with Crippen molar-refractivity contribution >= 4 is 0 Å². The molecule has 1 heterocycles. The van der Waals surface area contributed by atoms with Gasteiger partial charge in [0.1, 0.15) is 0 Å². The lowest BCUT2D eigenvalue weighted by molar-refractivity contribution is -0.129. The summed E-state index contributed by atoms with van der Waals surface area (Å²) in [5.41, 5.74) is 0. The van der Waals surface area contributed by atoms with Gasteiger partial charge in [0.25, 0.3) is 0 Å². The zero-order chi connectivity index (χ0) is 13.2. The van der Waals surface area contributed by atoms with E-state index in [9.17, 15) is 0 Å². The molecule has 0 spiro atoms. The van der Waals surface area contributed by atoms with Gasteiger partial charge in [0.2, 0.25) is 0 Å². The van der Waals surface area contributed by atoms with Crippen LogP contribution in [0.2, 0.25) is 0 Å². The van der Waals surface area contributed by atoms with E-state index in [1.54, 1.807) is 0 Å². The first-order valence-corrected chi connectivity index (χ1v) is 7.38. The highest BCUT2D eigenvalue weighted by molar-refractivity contribution is 4.98. The van der Waals surface area contributed by atoms with Gasteiger partial charge < -0.3 is 9.47 Å². The first-order valence-electron chi connectivity index (χ1n) is 7.38. The van der Waals surface area contributed by atoms with Gasteiger partial charge in [0, 0.05) is 13.0 Å². The number of ether oxygens (including phenoxy) is 2. The number of hydrogen-bond acceptors (Lipinski definition) is 2. The molecular weight excluding hydrogens is 224 g/mol. The second-order valence-corrected chi connectivity index (χ2v) is 4.94. The van der Waals surface area contributed by atoms with E-state index in [1.807, 2.05) is 13.8 Å².